The summed E-state index contributed by atoms with van der Waals surface area (Å²) in [5, 5.41) is 1.10. The highest BCUT2D eigenvalue weighted by atomic mass is 79.9. The predicted molar refractivity (Wildman–Crippen MR) is 69.4 cm³/mol. The summed E-state index contributed by atoms with van der Waals surface area (Å²) in [5.41, 5.74) is 0. The number of carbonyl (C=O) groups excluding carboxylic acids is 1. The van der Waals surface area contributed by atoms with E-state index in [2.05, 4.69) is 15.9 Å². The summed E-state index contributed by atoms with van der Waals surface area (Å²) in [5.74, 6) is 0.320. The molecule has 0 saturated heterocycles. The number of carbonyl (C=O) groups is 1. The van der Waals surface area contributed by atoms with E-state index in [0.717, 1.165) is 31.3 Å². The number of hydrogen-bond acceptors (Lipinski definition) is 1. The molecular formula is C12H24BrNO. The number of nitrogens with zero attached hydrogens (tertiary/aromatic N) is 1. The van der Waals surface area contributed by atoms with Crippen LogP contribution in [0.25, 0.3) is 0 Å². The van der Waals surface area contributed by atoms with Crippen LogP contribution in [0.1, 0.15) is 52.4 Å². The van der Waals surface area contributed by atoms with Crippen molar-refractivity contribution in [2.45, 2.75) is 52.4 Å². The number of alkyl halides is 1. The topological polar surface area (TPSA) is 20.3 Å². The highest BCUT2D eigenvalue weighted by Crippen LogP contribution is 2.07. The summed E-state index contributed by atoms with van der Waals surface area (Å²) in [6.45, 7) is 5.77. The molecule has 0 atom stereocenters. The van der Waals surface area contributed by atoms with Crippen molar-refractivity contribution in [1.82, 2.24) is 4.90 Å². The van der Waals surface area contributed by atoms with E-state index in [4.69, 9.17) is 0 Å². The van der Waals surface area contributed by atoms with Gasteiger partial charge in [0.1, 0.15) is 0 Å². The van der Waals surface area contributed by atoms with Gasteiger partial charge in [-0.25, -0.2) is 0 Å². The lowest BCUT2D eigenvalue weighted by atomic mass is 10.1. The summed E-state index contributed by atoms with van der Waals surface area (Å²) < 4.78 is 0. The van der Waals surface area contributed by atoms with E-state index in [1.807, 2.05) is 18.7 Å². The van der Waals surface area contributed by atoms with Crippen LogP contribution in [-0.2, 0) is 4.79 Å². The molecule has 0 aromatic heterocycles. The molecule has 0 bridgehead atoms. The molecule has 0 radical (unpaired) electrons. The van der Waals surface area contributed by atoms with Gasteiger partial charge in [-0.05, 0) is 26.7 Å². The third kappa shape index (κ3) is 7.83. The zero-order valence-electron chi connectivity index (χ0n) is 10.1. The summed E-state index contributed by atoms with van der Waals surface area (Å²) >= 11 is 3.42. The van der Waals surface area contributed by atoms with Gasteiger partial charge in [-0.3, -0.25) is 4.79 Å². The van der Waals surface area contributed by atoms with Crippen molar-refractivity contribution in [3.8, 4) is 0 Å². The Bertz CT molecular complexity index is 158. The van der Waals surface area contributed by atoms with Gasteiger partial charge in [0.05, 0.1) is 0 Å². The van der Waals surface area contributed by atoms with Gasteiger partial charge in [0, 0.05) is 24.8 Å². The second-order valence-electron chi connectivity index (χ2n) is 3.77. The maximum atomic E-state index is 11.6. The van der Waals surface area contributed by atoms with E-state index in [1.165, 1.54) is 25.7 Å². The lowest BCUT2D eigenvalue weighted by Gasteiger charge is -2.18. The molecule has 0 aromatic carbocycles. The van der Waals surface area contributed by atoms with E-state index in [9.17, 15) is 4.79 Å². The SMILES string of the molecule is CCN(CC)C(=O)CCCCCCCBr. The minimum atomic E-state index is 0.320. The maximum absolute atomic E-state index is 11.6. The second kappa shape index (κ2) is 10.5. The molecule has 3 heteroatoms. The van der Waals surface area contributed by atoms with Crippen LogP contribution in [0.15, 0.2) is 0 Å². The van der Waals surface area contributed by atoms with Crippen LogP contribution in [0, 0.1) is 0 Å². The Labute approximate surface area is 103 Å². The van der Waals surface area contributed by atoms with Crippen molar-refractivity contribution < 1.29 is 4.79 Å². The predicted octanol–water partition coefficient (Wildman–Crippen LogP) is 3.59. The highest BCUT2D eigenvalue weighted by molar-refractivity contribution is 9.09. The average molecular weight is 278 g/mol. The number of rotatable bonds is 9. The van der Waals surface area contributed by atoms with E-state index in [-0.39, 0.29) is 0 Å². The molecule has 2 nitrogen and oxygen atoms in total. The Morgan fingerprint density at radius 3 is 2.07 bits per heavy atom. The Morgan fingerprint density at radius 1 is 1.00 bits per heavy atom. The molecule has 0 aliphatic rings. The van der Waals surface area contributed by atoms with Crippen molar-refractivity contribution in [3.05, 3.63) is 0 Å². The van der Waals surface area contributed by atoms with Crippen LogP contribution in [0.2, 0.25) is 0 Å². The Morgan fingerprint density at radius 2 is 1.53 bits per heavy atom. The van der Waals surface area contributed by atoms with Gasteiger partial charge in [0.25, 0.3) is 0 Å². The molecule has 0 rings (SSSR count). The van der Waals surface area contributed by atoms with E-state index in [1.54, 1.807) is 0 Å². The minimum absolute atomic E-state index is 0.320. The fourth-order valence-corrected chi connectivity index (χ4v) is 2.03. The van der Waals surface area contributed by atoms with Gasteiger partial charge in [-0.1, -0.05) is 35.2 Å². The first-order valence-electron chi connectivity index (χ1n) is 6.10. The zero-order valence-corrected chi connectivity index (χ0v) is 11.7. The van der Waals surface area contributed by atoms with Crippen molar-refractivity contribution in [3.63, 3.8) is 0 Å². The lowest BCUT2D eigenvalue weighted by Crippen LogP contribution is -2.30. The number of hydrogen-bond donors (Lipinski definition) is 0. The molecule has 0 unspecified atom stereocenters. The smallest absolute Gasteiger partial charge is 0.222 e. The molecule has 0 N–H and O–H groups in total. The van der Waals surface area contributed by atoms with Crippen LogP contribution in [0.5, 0.6) is 0 Å². The van der Waals surface area contributed by atoms with Crippen LogP contribution >= 0.6 is 15.9 Å². The van der Waals surface area contributed by atoms with Gasteiger partial charge in [-0.2, -0.15) is 0 Å². The standard InChI is InChI=1S/C12H24BrNO/c1-3-14(4-2)12(15)10-8-6-5-7-9-11-13/h3-11H2,1-2H3. The van der Waals surface area contributed by atoms with E-state index < -0.39 is 0 Å². The summed E-state index contributed by atoms with van der Waals surface area (Å²) in [4.78, 5) is 13.5. The number of unbranched alkanes of at least 4 members (excludes halogenated alkanes) is 4. The van der Waals surface area contributed by atoms with E-state index in [0.29, 0.717) is 5.91 Å². The summed E-state index contributed by atoms with van der Waals surface area (Å²) in [7, 11) is 0. The van der Waals surface area contributed by atoms with Gasteiger partial charge >= 0.3 is 0 Å². The first kappa shape index (κ1) is 14.9. The van der Waals surface area contributed by atoms with Crippen LogP contribution < -0.4 is 0 Å². The Hall–Kier alpha value is -0.0500. The molecule has 15 heavy (non-hydrogen) atoms. The molecule has 90 valence electrons. The largest absolute Gasteiger partial charge is 0.343 e. The quantitative estimate of drug-likeness (QED) is 0.466. The molecule has 0 saturated carbocycles. The molecular weight excluding hydrogens is 254 g/mol. The molecule has 0 heterocycles. The lowest BCUT2D eigenvalue weighted by molar-refractivity contribution is -0.130. The minimum Gasteiger partial charge on any atom is -0.343 e. The Kier molecular flexibility index (Phi) is 10.4. The van der Waals surface area contributed by atoms with Gasteiger partial charge in [0.2, 0.25) is 5.91 Å². The molecule has 0 spiro atoms. The first-order valence-corrected chi connectivity index (χ1v) is 7.22. The average Bonchev–Trinajstić information content (AvgIpc) is 2.25. The van der Waals surface area contributed by atoms with Crippen molar-refractivity contribution in [2.24, 2.45) is 0 Å². The normalized spacial score (nSPS) is 10.3. The van der Waals surface area contributed by atoms with Crippen LogP contribution in [0.4, 0.5) is 0 Å². The van der Waals surface area contributed by atoms with Gasteiger partial charge < -0.3 is 4.90 Å². The Balaban J connectivity index is 3.38. The summed E-state index contributed by atoms with van der Waals surface area (Å²) in [6.07, 6.45) is 6.78. The molecule has 0 fully saturated rings. The second-order valence-corrected chi connectivity index (χ2v) is 4.57. The van der Waals surface area contributed by atoms with Crippen molar-refractivity contribution in [2.75, 3.05) is 18.4 Å². The molecule has 0 aliphatic carbocycles. The molecule has 0 aromatic rings. The third-order valence-electron chi connectivity index (χ3n) is 2.64. The third-order valence-corrected chi connectivity index (χ3v) is 3.20. The fourth-order valence-electron chi connectivity index (χ4n) is 1.64. The highest BCUT2D eigenvalue weighted by Gasteiger charge is 2.07. The van der Waals surface area contributed by atoms with Crippen molar-refractivity contribution >= 4 is 21.8 Å². The fraction of sp³-hybridized carbons (Fsp3) is 0.917. The zero-order chi connectivity index (χ0) is 11.5. The van der Waals surface area contributed by atoms with Crippen LogP contribution in [0.3, 0.4) is 0 Å². The monoisotopic (exact) mass is 277 g/mol. The van der Waals surface area contributed by atoms with Gasteiger partial charge in [-0.15, -0.1) is 0 Å². The van der Waals surface area contributed by atoms with Crippen molar-refractivity contribution in [1.29, 1.82) is 0 Å². The number of amides is 1. The molecule has 1 amide bonds. The van der Waals surface area contributed by atoms with Gasteiger partial charge in [0.15, 0.2) is 0 Å². The number of halogens is 1. The first-order chi connectivity index (χ1) is 7.26. The molecule has 0 aliphatic heterocycles. The van der Waals surface area contributed by atoms with E-state index >= 15 is 0 Å². The van der Waals surface area contributed by atoms with Crippen LogP contribution in [-0.4, -0.2) is 29.2 Å². The maximum Gasteiger partial charge on any atom is 0.222 e. The summed E-state index contributed by atoms with van der Waals surface area (Å²) in [6, 6.07) is 0.